The van der Waals surface area contributed by atoms with Gasteiger partial charge in [0.05, 0.1) is 12.5 Å². The van der Waals surface area contributed by atoms with Crippen LogP contribution in [0.1, 0.15) is 0 Å². The van der Waals surface area contributed by atoms with Crippen LogP contribution in [0.15, 0.2) is 5.11 Å². The van der Waals surface area contributed by atoms with Crippen molar-refractivity contribution in [2.75, 3.05) is 39.9 Å². The van der Waals surface area contributed by atoms with Crippen LogP contribution in [0.2, 0.25) is 0 Å². The van der Waals surface area contributed by atoms with Crippen molar-refractivity contribution in [2.24, 2.45) is 17.0 Å². The molecule has 0 amide bonds. The monoisotopic (exact) mass is 252 g/mol. The molecule has 1 rings (SSSR count). The van der Waals surface area contributed by atoms with Crippen molar-refractivity contribution in [3.05, 3.63) is 10.4 Å². The standard InChI is InChI=1S/C9H15F3N4O/c1-17-6-7-4-16(3-2-14-15-13)5-8(7)9(10,11)12/h7-8H,2-6H2,1H3/t7-,8+/m0/s1. The minimum absolute atomic E-state index is 0.0432. The molecule has 0 aromatic heterocycles. The minimum Gasteiger partial charge on any atom is -0.384 e. The van der Waals surface area contributed by atoms with Crippen molar-refractivity contribution in [2.45, 2.75) is 6.18 Å². The van der Waals surface area contributed by atoms with E-state index in [0.717, 1.165) is 0 Å². The first-order valence-corrected chi connectivity index (χ1v) is 5.28. The van der Waals surface area contributed by atoms with Crippen LogP contribution in [-0.4, -0.2) is 51.0 Å². The molecule has 1 aliphatic heterocycles. The molecule has 1 fully saturated rings. The number of rotatable bonds is 5. The highest BCUT2D eigenvalue weighted by molar-refractivity contribution is 4.88. The fraction of sp³-hybridized carbons (Fsp3) is 1.00. The Morgan fingerprint density at radius 2 is 2.18 bits per heavy atom. The number of halogens is 3. The van der Waals surface area contributed by atoms with Gasteiger partial charge in [0, 0.05) is 44.1 Å². The lowest BCUT2D eigenvalue weighted by Gasteiger charge is -2.20. The van der Waals surface area contributed by atoms with Crippen LogP contribution < -0.4 is 0 Å². The summed E-state index contributed by atoms with van der Waals surface area (Å²) >= 11 is 0. The van der Waals surface area contributed by atoms with Crippen molar-refractivity contribution < 1.29 is 17.9 Å². The lowest BCUT2D eigenvalue weighted by molar-refractivity contribution is -0.183. The number of azide groups is 1. The molecule has 0 bridgehead atoms. The second-order valence-electron chi connectivity index (χ2n) is 4.08. The summed E-state index contributed by atoms with van der Waals surface area (Å²) in [5.41, 5.74) is 8.10. The van der Waals surface area contributed by atoms with Gasteiger partial charge in [-0.1, -0.05) is 5.11 Å². The summed E-state index contributed by atoms with van der Waals surface area (Å²) in [5, 5.41) is 3.32. The topological polar surface area (TPSA) is 61.2 Å². The Balaban J connectivity index is 2.55. The van der Waals surface area contributed by atoms with E-state index in [1.54, 1.807) is 4.90 Å². The fourth-order valence-corrected chi connectivity index (χ4v) is 2.13. The Hall–Kier alpha value is -0.980. The summed E-state index contributed by atoms with van der Waals surface area (Å²) in [6.45, 7) is 0.942. The Morgan fingerprint density at radius 1 is 1.47 bits per heavy atom. The van der Waals surface area contributed by atoms with E-state index in [2.05, 4.69) is 10.0 Å². The van der Waals surface area contributed by atoms with Crippen LogP contribution in [-0.2, 0) is 4.74 Å². The van der Waals surface area contributed by atoms with Gasteiger partial charge in [-0.05, 0) is 5.53 Å². The summed E-state index contributed by atoms with van der Waals surface area (Å²) in [6.07, 6.45) is -4.20. The Bertz CT molecular complexity index is 290. The largest absolute Gasteiger partial charge is 0.393 e. The van der Waals surface area contributed by atoms with Gasteiger partial charge in [0.2, 0.25) is 0 Å². The van der Waals surface area contributed by atoms with Crippen LogP contribution >= 0.6 is 0 Å². The Morgan fingerprint density at radius 3 is 2.71 bits per heavy atom. The third-order valence-electron chi connectivity index (χ3n) is 2.90. The number of nitrogens with zero attached hydrogens (tertiary/aromatic N) is 4. The lowest BCUT2D eigenvalue weighted by atomic mass is 9.96. The van der Waals surface area contributed by atoms with Crippen LogP contribution in [0.25, 0.3) is 10.4 Å². The first kappa shape index (κ1) is 14.1. The molecule has 0 N–H and O–H groups in total. The molecule has 0 aromatic rings. The van der Waals surface area contributed by atoms with Gasteiger partial charge < -0.3 is 9.64 Å². The van der Waals surface area contributed by atoms with Crippen molar-refractivity contribution >= 4 is 0 Å². The van der Waals surface area contributed by atoms with Gasteiger partial charge in [-0.3, -0.25) is 0 Å². The van der Waals surface area contributed by atoms with E-state index in [-0.39, 0.29) is 19.7 Å². The number of methoxy groups -OCH3 is 1. The maximum absolute atomic E-state index is 12.7. The van der Waals surface area contributed by atoms with E-state index < -0.39 is 18.0 Å². The van der Waals surface area contributed by atoms with Gasteiger partial charge in [0.25, 0.3) is 0 Å². The van der Waals surface area contributed by atoms with Crippen LogP contribution in [0.3, 0.4) is 0 Å². The van der Waals surface area contributed by atoms with Gasteiger partial charge in [-0.2, -0.15) is 13.2 Å². The highest BCUT2D eigenvalue weighted by Gasteiger charge is 2.49. The molecular weight excluding hydrogens is 237 g/mol. The molecule has 0 saturated carbocycles. The number of alkyl halides is 3. The van der Waals surface area contributed by atoms with Crippen LogP contribution in [0.4, 0.5) is 13.2 Å². The van der Waals surface area contributed by atoms with Gasteiger partial charge in [-0.25, -0.2) is 0 Å². The third-order valence-corrected chi connectivity index (χ3v) is 2.90. The Labute approximate surface area is 97.2 Å². The Kier molecular flexibility index (Phi) is 5.04. The quantitative estimate of drug-likeness (QED) is 0.427. The van der Waals surface area contributed by atoms with E-state index in [1.165, 1.54) is 7.11 Å². The molecule has 5 nitrogen and oxygen atoms in total. The third kappa shape index (κ3) is 4.07. The summed E-state index contributed by atoms with van der Waals surface area (Å²) in [7, 11) is 1.40. The second-order valence-corrected chi connectivity index (χ2v) is 4.08. The SMILES string of the molecule is COC[C@@H]1CN(CCN=[N+]=[N-])C[C@H]1C(F)(F)F. The molecule has 0 spiro atoms. The number of likely N-dealkylation sites (tertiary alicyclic amines) is 1. The highest BCUT2D eigenvalue weighted by atomic mass is 19.4. The summed E-state index contributed by atoms with van der Waals surface area (Å²) < 4.78 is 43.0. The maximum atomic E-state index is 12.7. The fourth-order valence-electron chi connectivity index (χ4n) is 2.13. The summed E-state index contributed by atoms with van der Waals surface area (Å²) in [4.78, 5) is 4.23. The van der Waals surface area contributed by atoms with E-state index >= 15 is 0 Å². The van der Waals surface area contributed by atoms with E-state index in [0.29, 0.717) is 13.1 Å². The molecule has 1 saturated heterocycles. The molecule has 1 heterocycles. The van der Waals surface area contributed by atoms with Gasteiger partial charge in [0.1, 0.15) is 0 Å². The molecule has 1 aliphatic rings. The van der Waals surface area contributed by atoms with E-state index in [1.807, 2.05) is 0 Å². The molecule has 17 heavy (non-hydrogen) atoms. The minimum atomic E-state index is -4.20. The molecule has 2 atom stereocenters. The number of hydrogen-bond donors (Lipinski definition) is 0. The van der Waals surface area contributed by atoms with Gasteiger partial charge in [0.15, 0.2) is 0 Å². The van der Waals surface area contributed by atoms with Crippen LogP contribution in [0.5, 0.6) is 0 Å². The predicted molar refractivity (Wildman–Crippen MR) is 55.4 cm³/mol. The van der Waals surface area contributed by atoms with Crippen molar-refractivity contribution in [3.8, 4) is 0 Å². The molecule has 0 radical (unpaired) electrons. The molecule has 0 aromatic carbocycles. The van der Waals surface area contributed by atoms with Crippen molar-refractivity contribution in [1.82, 2.24) is 4.90 Å². The second kappa shape index (κ2) is 6.09. The molecule has 8 heteroatoms. The maximum Gasteiger partial charge on any atom is 0.393 e. The molecule has 98 valence electrons. The summed E-state index contributed by atoms with van der Waals surface area (Å²) in [6, 6.07) is 0. The molecular formula is C9H15F3N4O. The first-order valence-electron chi connectivity index (χ1n) is 5.28. The normalized spacial score (nSPS) is 25.9. The zero-order chi connectivity index (χ0) is 12.9. The van der Waals surface area contributed by atoms with E-state index in [4.69, 9.17) is 10.3 Å². The van der Waals surface area contributed by atoms with Crippen LogP contribution in [0, 0.1) is 11.8 Å². The molecule has 0 aliphatic carbocycles. The smallest absolute Gasteiger partial charge is 0.384 e. The summed E-state index contributed by atoms with van der Waals surface area (Å²) in [5.74, 6) is -1.89. The van der Waals surface area contributed by atoms with Crippen molar-refractivity contribution in [1.29, 1.82) is 0 Å². The predicted octanol–water partition coefficient (Wildman–Crippen LogP) is 2.05. The highest BCUT2D eigenvalue weighted by Crippen LogP contribution is 2.37. The average molecular weight is 252 g/mol. The lowest BCUT2D eigenvalue weighted by Crippen LogP contribution is -2.32. The number of hydrogen-bond acceptors (Lipinski definition) is 3. The van der Waals surface area contributed by atoms with Crippen molar-refractivity contribution in [3.63, 3.8) is 0 Å². The van der Waals surface area contributed by atoms with Gasteiger partial charge >= 0.3 is 6.18 Å². The number of ether oxygens (including phenoxy) is 1. The van der Waals surface area contributed by atoms with Gasteiger partial charge in [-0.15, -0.1) is 0 Å². The van der Waals surface area contributed by atoms with E-state index in [9.17, 15) is 13.2 Å². The first-order chi connectivity index (χ1) is 7.99. The average Bonchev–Trinajstić information content (AvgIpc) is 2.62. The zero-order valence-electron chi connectivity index (χ0n) is 9.52. The molecule has 0 unspecified atom stereocenters. The zero-order valence-corrected chi connectivity index (χ0v) is 9.52.